The summed E-state index contributed by atoms with van der Waals surface area (Å²) in [6, 6.07) is 0. The summed E-state index contributed by atoms with van der Waals surface area (Å²) in [6.07, 6.45) is 77.1. The van der Waals surface area contributed by atoms with Crippen LogP contribution in [0, 0.1) is 0 Å². The molecule has 0 aromatic heterocycles. The van der Waals surface area contributed by atoms with Gasteiger partial charge in [-0.1, -0.05) is 238 Å². The molecule has 6 nitrogen and oxygen atoms in total. The summed E-state index contributed by atoms with van der Waals surface area (Å²) < 4.78 is 16.8. The molecule has 1 atom stereocenters. The number of allylic oxidation sites excluding steroid dienone is 22. The van der Waals surface area contributed by atoms with Crippen molar-refractivity contribution in [2.24, 2.45) is 0 Å². The molecular formula is C62H98O6. The molecule has 0 aromatic carbocycles. The van der Waals surface area contributed by atoms with Gasteiger partial charge >= 0.3 is 17.9 Å². The molecule has 1 unspecified atom stereocenters. The summed E-state index contributed by atoms with van der Waals surface area (Å²) in [6.45, 7) is 6.30. The predicted molar refractivity (Wildman–Crippen MR) is 292 cm³/mol. The van der Waals surface area contributed by atoms with Crippen LogP contribution in [0.25, 0.3) is 0 Å². The number of carbonyl (C=O) groups is 3. The SMILES string of the molecule is CC\C=C/C=C\C=C/C=C\C=C\C=C/C=C\CCCCCC(=O)OCC(COC(=O)CCCCCC/C=C\C/C=C\C/C=C\CC)OC(=O)CCCCCCCCC/C=C\CCCCCCCC. The van der Waals surface area contributed by atoms with E-state index >= 15 is 0 Å². The fourth-order valence-electron chi connectivity index (χ4n) is 7.02. The molecule has 0 N–H and O–H groups in total. The van der Waals surface area contributed by atoms with Gasteiger partial charge in [0.1, 0.15) is 13.2 Å². The zero-order valence-electron chi connectivity index (χ0n) is 43.6. The highest BCUT2D eigenvalue weighted by atomic mass is 16.6. The normalized spacial score (nSPS) is 13.2. The van der Waals surface area contributed by atoms with Crippen molar-refractivity contribution in [3.8, 4) is 0 Å². The topological polar surface area (TPSA) is 78.9 Å². The first-order valence-corrected chi connectivity index (χ1v) is 27.3. The van der Waals surface area contributed by atoms with E-state index in [0.717, 1.165) is 103 Å². The molecule has 0 aromatic rings. The van der Waals surface area contributed by atoms with Gasteiger partial charge in [-0.2, -0.15) is 0 Å². The Balaban J connectivity index is 4.55. The van der Waals surface area contributed by atoms with Crippen molar-refractivity contribution in [2.45, 2.75) is 226 Å². The largest absolute Gasteiger partial charge is 0.462 e. The molecule has 0 amide bonds. The highest BCUT2D eigenvalue weighted by molar-refractivity contribution is 5.71. The lowest BCUT2D eigenvalue weighted by Crippen LogP contribution is -2.30. The van der Waals surface area contributed by atoms with Gasteiger partial charge in [-0.25, -0.2) is 0 Å². The van der Waals surface area contributed by atoms with Gasteiger partial charge in [0.2, 0.25) is 0 Å². The van der Waals surface area contributed by atoms with Gasteiger partial charge in [0, 0.05) is 19.3 Å². The average molecular weight is 939 g/mol. The minimum atomic E-state index is -0.814. The molecular weight excluding hydrogens is 841 g/mol. The summed E-state index contributed by atoms with van der Waals surface area (Å²) in [5, 5.41) is 0. The van der Waals surface area contributed by atoms with Gasteiger partial charge < -0.3 is 14.2 Å². The predicted octanol–water partition coefficient (Wildman–Crippen LogP) is 18.3. The van der Waals surface area contributed by atoms with Crippen LogP contribution in [0.15, 0.2) is 134 Å². The Hall–Kier alpha value is -4.45. The van der Waals surface area contributed by atoms with Crippen LogP contribution in [-0.4, -0.2) is 37.2 Å². The van der Waals surface area contributed by atoms with Crippen molar-refractivity contribution in [1.29, 1.82) is 0 Å². The molecule has 0 saturated carbocycles. The van der Waals surface area contributed by atoms with Crippen molar-refractivity contribution in [3.63, 3.8) is 0 Å². The van der Waals surface area contributed by atoms with Crippen LogP contribution in [0.3, 0.4) is 0 Å². The number of carbonyl (C=O) groups excluding carboxylic acids is 3. The monoisotopic (exact) mass is 939 g/mol. The van der Waals surface area contributed by atoms with E-state index in [1.165, 1.54) is 77.0 Å². The van der Waals surface area contributed by atoms with Crippen LogP contribution in [0.5, 0.6) is 0 Å². The second-order valence-electron chi connectivity index (χ2n) is 17.6. The Morgan fingerprint density at radius 2 is 0.647 bits per heavy atom. The van der Waals surface area contributed by atoms with Crippen LogP contribution in [0.1, 0.15) is 220 Å². The van der Waals surface area contributed by atoms with Crippen molar-refractivity contribution in [1.82, 2.24) is 0 Å². The van der Waals surface area contributed by atoms with E-state index in [2.05, 4.69) is 81.5 Å². The lowest BCUT2D eigenvalue weighted by molar-refractivity contribution is -0.167. The van der Waals surface area contributed by atoms with Crippen molar-refractivity contribution < 1.29 is 28.6 Å². The smallest absolute Gasteiger partial charge is 0.306 e. The lowest BCUT2D eigenvalue weighted by Gasteiger charge is -2.18. The third-order valence-electron chi connectivity index (χ3n) is 11.1. The molecule has 68 heavy (non-hydrogen) atoms. The first kappa shape index (κ1) is 63.5. The molecule has 0 bridgehead atoms. The molecule has 0 spiro atoms. The van der Waals surface area contributed by atoms with Gasteiger partial charge in [-0.05, 0) is 96.3 Å². The molecule has 0 radical (unpaired) electrons. The average Bonchev–Trinajstić information content (AvgIpc) is 3.34. The molecule has 0 heterocycles. The van der Waals surface area contributed by atoms with Gasteiger partial charge in [-0.3, -0.25) is 14.4 Å². The second-order valence-corrected chi connectivity index (χ2v) is 17.6. The molecule has 0 fully saturated rings. The van der Waals surface area contributed by atoms with Crippen LogP contribution in [0.4, 0.5) is 0 Å². The van der Waals surface area contributed by atoms with E-state index in [1.54, 1.807) is 0 Å². The number of esters is 3. The number of hydrogen-bond donors (Lipinski definition) is 0. The maximum Gasteiger partial charge on any atom is 0.306 e. The Labute approximate surface area is 417 Å². The van der Waals surface area contributed by atoms with Crippen molar-refractivity contribution in [3.05, 3.63) is 134 Å². The molecule has 0 aliphatic rings. The van der Waals surface area contributed by atoms with E-state index in [9.17, 15) is 14.4 Å². The van der Waals surface area contributed by atoms with Crippen LogP contribution < -0.4 is 0 Å². The van der Waals surface area contributed by atoms with E-state index < -0.39 is 6.10 Å². The Morgan fingerprint density at radius 3 is 1.10 bits per heavy atom. The van der Waals surface area contributed by atoms with Crippen LogP contribution >= 0.6 is 0 Å². The number of hydrogen-bond acceptors (Lipinski definition) is 6. The Kier molecular flexibility index (Phi) is 51.5. The first-order valence-electron chi connectivity index (χ1n) is 27.3. The summed E-state index contributed by atoms with van der Waals surface area (Å²) in [5.74, 6) is -0.987. The number of ether oxygens (including phenoxy) is 3. The van der Waals surface area contributed by atoms with E-state index in [1.807, 2.05) is 72.9 Å². The first-order chi connectivity index (χ1) is 33.5. The summed E-state index contributed by atoms with van der Waals surface area (Å²) in [4.78, 5) is 38.1. The van der Waals surface area contributed by atoms with E-state index in [0.29, 0.717) is 19.3 Å². The van der Waals surface area contributed by atoms with Crippen LogP contribution in [0.2, 0.25) is 0 Å². The van der Waals surface area contributed by atoms with E-state index in [-0.39, 0.29) is 31.1 Å². The second kappa shape index (κ2) is 55.1. The van der Waals surface area contributed by atoms with Gasteiger partial charge in [0.05, 0.1) is 0 Å². The fraction of sp³-hybridized carbons (Fsp3) is 0.597. The van der Waals surface area contributed by atoms with Crippen molar-refractivity contribution in [2.75, 3.05) is 13.2 Å². The van der Waals surface area contributed by atoms with Gasteiger partial charge in [0.25, 0.3) is 0 Å². The lowest BCUT2D eigenvalue weighted by atomic mass is 10.1. The standard InChI is InChI=1S/C62H98O6/c1-4-7-10-13-16-19-22-25-28-30-31-33-34-37-40-43-46-49-52-55-61(64)67-58-59(57-66-60(63)54-51-48-45-42-39-36-27-24-21-18-15-12-9-6-3)68-62(65)56-53-50-47-44-41-38-35-32-29-26-23-20-17-14-11-8-5-2/h7,9-10,12-13,16,18-19,21-22,25-31,33-34,36-37,40,59H,4-6,8,11,14-15,17,20,23-24,32,35,38-39,41-58H2,1-3H3/b10-7-,12-9-,16-13-,21-18-,22-19-,28-25-,29-26-,31-30+,34-33-,36-27-,40-37-. The van der Waals surface area contributed by atoms with E-state index in [4.69, 9.17) is 14.2 Å². The van der Waals surface area contributed by atoms with Gasteiger partial charge in [-0.15, -0.1) is 0 Å². The molecule has 0 aliphatic carbocycles. The molecule has 382 valence electrons. The maximum atomic E-state index is 12.8. The van der Waals surface area contributed by atoms with Crippen LogP contribution in [-0.2, 0) is 28.6 Å². The summed E-state index contributed by atoms with van der Waals surface area (Å²) in [7, 11) is 0. The Morgan fingerprint density at radius 1 is 0.324 bits per heavy atom. The third-order valence-corrected chi connectivity index (χ3v) is 11.1. The molecule has 0 aliphatic heterocycles. The maximum absolute atomic E-state index is 12.8. The molecule has 0 saturated heterocycles. The van der Waals surface area contributed by atoms with Gasteiger partial charge in [0.15, 0.2) is 6.10 Å². The minimum Gasteiger partial charge on any atom is -0.462 e. The van der Waals surface area contributed by atoms with Crippen molar-refractivity contribution >= 4 is 17.9 Å². The zero-order chi connectivity index (χ0) is 49.3. The highest BCUT2D eigenvalue weighted by Gasteiger charge is 2.19. The Bertz CT molecular complexity index is 1500. The quantitative estimate of drug-likeness (QED) is 0.0199. The summed E-state index contributed by atoms with van der Waals surface area (Å²) >= 11 is 0. The fourth-order valence-corrected chi connectivity index (χ4v) is 7.02. The zero-order valence-corrected chi connectivity index (χ0v) is 43.6. The molecule has 0 rings (SSSR count). The highest BCUT2D eigenvalue weighted by Crippen LogP contribution is 2.14. The number of unbranched alkanes of at least 4 members (excludes halogenated alkanes) is 20. The number of rotatable bonds is 47. The third kappa shape index (κ3) is 52.5. The molecule has 6 heteroatoms. The summed E-state index contributed by atoms with van der Waals surface area (Å²) in [5.41, 5.74) is 0. The minimum absolute atomic E-state index is 0.111.